The van der Waals surface area contributed by atoms with Crippen molar-refractivity contribution in [3.63, 3.8) is 0 Å². The summed E-state index contributed by atoms with van der Waals surface area (Å²) in [5, 5.41) is 0. The Morgan fingerprint density at radius 3 is 2.77 bits per heavy atom. The number of esters is 1. The van der Waals surface area contributed by atoms with Crippen molar-refractivity contribution < 1.29 is 14.3 Å². The number of aromatic nitrogens is 1. The van der Waals surface area contributed by atoms with E-state index in [4.69, 9.17) is 4.74 Å². The molecule has 0 bridgehead atoms. The summed E-state index contributed by atoms with van der Waals surface area (Å²) in [6.07, 6.45) is 7.40. The molecule has 0 saturated heterocycles. The van der Waals surface area contributed by atoms with Crippen LogP contribution >= 0.6 is 0 Å². The molecule has 1 aliphatic rings. The first kappa shape index (κ1) is 16.8. The minimum absolute atomic E-state index is 0.0867. The Morgan fingerprint density at radius 2 is 2.00 bits per heavy atom. The van der Waals surface area contributed by atoms with Crippen molar-refractivity contribution in [1.82, 2.24) is 4.57 Å². The molecule has 0 fully saturated rings. The minimum Gasteiger partial charge on any atom is -0.466 e. The standard InChI is InChI=1S/C18H27NO3/c1-3-22-18(21)11-6-4-5-7-12-19-14(2)13-15-16(19)9-8-10-17(15)20/h13H,3-12H2,1-2H3. The molecule has 1 aromatic heterocycles. The van der Waals surface area contributed by atoms with Crippen LogP contribution in [0.25, 0.3) is 0 Å². The lowest BCUT2D eigenvalue weighted by Crippen LogP contribution is -2.13. The number of unbranched alkanes of at least 4 members (excludes halogenated alkanes) is 3. The Balaban J connectivity index is 1.74. The highest BCUT2D eigenvalue weighted by atomic mass is 16.5. The summed E-state index contributed by atoms with van der Waals surface area (Å²) >= 11 is 0. The van der Waals surface area contributed by atoms with Gasteiger partial charge in [0, 0.05) is 36.3 Å². The third-order valence-electron chi connectivity index (χ3n) is 4.35. The van der Waals surface area contributed by atoms with Gasteiger partial charge in [0.25, 0.3) is 0 Å². The van der Waals surface area contributed by atoms with Crippen LogP contribution in [-0.4, -0.2) is 22.9 Å². The number of fused-ring (bicyclic) bond motifs is 1. The van der Waals surface area contributed by atoms with Crippen molar-refractivity contribution >= 4 is 11.8 Å². The van der Waals surface area contributed by atoms with Crippen LogP contribution in [0, 0.1) is 6.92 Å². The molecule has 4 nitrogen and oxygen atoms in total. The highest BCUT2D eigenvalue weighted by Crippen LogP contribution is 2.25. The monoisotopic (exact) mass is 305 g/mol. The van der Waals surface area contributed by atoms with Crippen molar-refractivity contribution in [3.8, 4) is 0 Å². The van der Waals surface area contributed by atoms with Crippen LogP contribution in [0.5, 0.6) is 0 Å². The number of nitrogens with zero attached hydrogens (tertiary/aromatic N) is 1. The lowest BCUT2D eigenvalue weighted by atomic mass is 9.96. The zero-order chi connectivity index (χ0) is 15.9. The molecular formula is C18H27NO3. The van der Waals surface area contributed by atoms with Gasteiger partial charge >= 0.3 is 5.97 Å². The van der Waals surface area contributed by atoms with E-state index in [0.29, 0.717) is 25.2 Å². The second-order valence-electron chi connectivity index (χ2n) is 6.04. The summed E-state index contributed by atoms with van der Waals surface area (Å²) in [6.45, 7) is 5.37. The van der Waals surface area contributed by atoms with E-state index in [-0.39, 0.29) is 5.97 Å². The summed E-state index contributed by atoms with van der Waals surface area (Å²) < 4.78 is 7.24. The second-order valence-corrected chi connectivity index (χ2v) is 6.04. The maximum Gasteiger partial charge on any atom is 0.305 e. The lowest BCUT2D eigenvalue weighted by Gasteiger charge is -2.16. The third kappa shape index (κ3) is 4.21. The largest absolute Gasteiger partial charge is 0.466 e. The highest BCUT2D eigenvalue weighted by Gasteiger charge is 2.22. The summed E-state index contributed by atoms with van der Waals surface area (Å²) in [4.78, 5) is 23.2. The number of carbonyl (C=O) groups is 2. The normalized spacial score (nSPS) is 14.0. The van der Waals surface area contributed by atoms with Gasteiger partial charge in [-0.05, 0) is 45.6 Å². The summed E-state index contributed by atoms with van der Waals surface area (Å²) in [7, 11) is 0. The quantitative estimate of drug-likeness (QED) is 0.542. The molecule has 0 N–H and O–H groups in total. The first-order valence-corrected chi connectivity index (χ1v) is 8.51. The molecule has 2 rings (SSSR count). The van der Waals surface area contributed by atoms with Crippen LogP contribution in [0.3, 0.4) is 0 Å². The maximum absolute atomic E-state index is 11.9. The Hall–Kier alpha value is -1.58. The Kier molecular flexibility index (Phi) is 6.22. The predicted molar refractivity (Wildman–Crippen MR) is 86.2 cm³/mol. The summed E-state index contributed by atoms with van der Waals surface area (Å²) in [5.74, 6) is 0.217. The maximum atomic E-state index is 11.9. The summed E-state index contributed by atoms with van der Waals surface area (Å²) in [5.41, 5.74) is 3.39. The van der Waals surface area contributed by atoms with Gasteiger partial charge in [-0.1, -0.05) is 12.8 Å². The van der Waals surface area contributed by atoms with Crippen LogP contribution in [0.1, 0.15) is 73.6 Å². The molecule has 0 amide bonds. The van der Waals surface area contributed by atoms with Crippen LogP contribution in [-0.2, 0) is 22.5 Å². The fraction of sp³-hybridized carbons (Fsp3) is 0.667. The molecular weight excluding hydrogens is 278 g/mol. The van der Waals surface area contributed by atoms with E-state index < -0.39 is 0 Å². The smallest absolute Gasteiger partial charge is 0.305 e. The van der Waals surface area contributed by atoms with Crippen LogP contribution < -0.4 is 0 Å². The molecule has 0 saturated carbocycles. The average molecular weight is 305 g/mol. The van der Waals surface area contributed by atoms with Gasteiger partial charge in [0.2, 0.25) is 0 Å². The number of aryl methyl sites for hydroxylation is 1. The summed E-state index contributed by atoms with van der Waals surface area (Å²) in [6, 6.07) is 2.05. The molecule has 0 aliphatic heterocycles. The molecule has 1 aromatic rings. The fourth-order valence-electron chi connectivity index (χ4n) is 3.23. The van der Waals surface area contributed by atoms with Crippen molar-refractivity contribution in [2.75, 3.05) is 6.61 Å². The molecule has 0 spiro atoms. The number of hydrogen-bond donors (Lipinski definition) is 0. The van der Waals surface area contributed by atoms with Crippen LogP contribution in [0.2, 0.25) is 0 Å². The van der Waals surface area contributed by atoms with E-state index in [2.05, 4.69) is 17.6 Å². The Morgan fingerprint density at radius 1 is 1.23 bits per heavy atom. The van der Waals surface area contributed by atoms with Crippen LogP contribution in [0.15, 0.2) is 6.07 Å². The van der Waals surface area contributed by atoms with Crippen molar-refractivity contribution in [2.45, 2.75) is 71.8 Å². The average Bonchev–Trinajstić information content (AvgIpc) is 2.81. The molecule has 0 aromatic carbocycles. The number of Topliss-reactive ketones (excluding diaryl/α,β-unsaturated/α-hetero) is 1. The first-order chi connectivity index (χ1) is 10.6. The van der Waals surface area contributed by atoms with Gasteiger partial charge in [-0.3, -0.25) is 9.59 Å². The molecule has 0 atom stereocenters. The molecule has 1 heterocycles. The van der Waals surface area contributed by atoms with E-state index in [1.807, 2.05) is 6.92 Å². The topological polar surface area (TPSA) is 48.3 Å². The van der Waals surface area contributed by atoms with Gasteiger partial charge in [-0.25, -0.2) is 0 Å². The van der Waals surface area contributed by atoms with E-state index in [1.165, 1.54) is 11.4 Å². The minimum atomic E-state index is -0.0867. The van der Waals surface area contributed by atoms with E-state index in [1.54, 1.807) is 0 Å². The number of hydrogen-bond acceptors (Lipinski definition) is 3. The van der Waals surface area contributed by atoms with Gasteiger partial charge in [-0.15, -0.1) is 0 Å². The van der Waals surface area contributed by atoms with Gasteiger partial charge in [0.05, 0.1) is 6.61 Å². The van der Waals surface area contributed by atoms with Gasteiger partial charge in [0.15, 0.2) is 5.78 Å². The number of ether oxygens (including phenoxy) is 1. The van der Waals surface area contributed by atoms with E-state index in [9.17, 15) is 9.59 Å². The number of rotatable bonds is 8. The molecule has 1 aliphatic carbocycles. The van der Waals surface area contributed by atoms with Gasteiger partial charge in [0.1, 0.15) is 0 Å². The van der Waals surface area contributed by atoms with E-state index in [0.717, 1.165) is 50.6 Å². The molecule has 0 unspecified atom stereocenters. The first-order valence-electron chi connectivity index (χ1n) is 8.51. The zero-order valence-corrected chi connectivity index (χ0v) is 13.8. The molecule has 22 heavy (non-hydrogen) atoms. The Bertz CT molecular complexity index is 531. The molecule has 4 heteroatoms. The number of ketones is 1. The molecule has 122 valence electrons. The van der Waals surface area contributed by atoms with Crippen molar-refractivity contribution in [2.24, 2.45) is 0 Å². The fourth-order valence-corrected chi connectivity index (χ4v) is 3.23. The van der Waals surface area contributed by atoms with Gasteiger partial charge < -0.3 is 9.30 Å². The lowest BCUT2D eigenvalue weighted by molar-refractivity contribution is -0.143. The SMILES string of the molecule is CCOC(=O)CCCCCCn1c(C)cc2c1CCCC2=O. The van der Waals surface area contributed by atoms with E-state index >= 15 is 0 Å². The van der Waals surface area contributed by atoms with Crippen LogP contribution in [0.4, 0.5) is 0 Å². The molecule has 0 radical (unpaired) electrons. The van der Waals surface area contributed by atoms with Crippen molar-refractivity contribution in [3.05, 3.63) is 23.0 Å². The second kappa shape index (κ2) is 8.16. The zero-order valence-electron chi connectivity index (χ0n) is 13.8. The number of carbonyl (C=O) groups excluding carboxylic acids is 2. The van der Waals surface area contributed by atoms with Gasteiger partial charge in [-0.2, -0.15) is 0 Å². The Labute approximate surface area is 132 Å². The predicted octanol–water partition coefficient (Wildman–Crippen LogP) is 3.83. The third-order valence-corrected chi connectivity index (χ3v) is 4.35. The highest BCUT2D eigenvalue weighted by molar-refractivity contribution is 5.98. The van der Waals surface area contributed by atoms with Crippen molar-refractivity contribution in [1.29, 1.82) is 0 Å².